The van der Waals surface area contributed by atoms with Crippen LogP contribution in [-0.2, 0) is 14.3 Å². The smallest absolute Gasteiger partial charge is 0.323 e. The lowest BCUT2D eigenvalue weighted by Gasteiger charge is -2.37. The Morgan fingerprint density at radius 1 is 1.14 bits per heavy atom. The van der Waals surface area contributed by atoms with E-state index in [1.165, 1.54) is 25.7 Å². The van der Waals surface area contributed by atoms with Crippen LogP contribution in [-0.4, -0.2) is 60.5 Å². The first-order valence-electron chi connectivity index (χ1n) is 8.80. The lowest BCUT2D eigenvalue weighted by Crippen LogP contribution is -2.53. The molecule has 0 spiro atoms. The molecule has 2 rings (SSSR count). The van der Waals surface area contributed by atoms with Crippen molar-refractivity contribution in [3.8, 4) is 0 Å². The molecular formula is C17H30N2O3. The van der Waals surface area contributed by atoms with E-state index in [0.29, 0.717) is 13.0 Å². The van der Waals surface area contributed by atoms with E-state index in [2.05, 4.69) is 4.90 Å². The van der Waals surface area contributed by atoms with Crippen LogP contribution < -0.4 is 0 Å². The number of nitrogens with zero attached hydrogens (tertiary/aromatic N) is 2. The Kier molecular flexibility index (Phi) is 6.68. The quantitative estimate of drug-likeness (QED) is 0.705. The van der Waals surface area contributed by atoms with E-state index < -0.39 is 0 Å². The molecule has 0 aromatic carbocycles. The van der Waals surface area contributed by atoms with Crippen LogP contribution in [0.15, 0.2) is 0 Å². The number of hydrogen-bond donors (Lipinski definition) is 0. The molecule has 126 valence electrons. The first kappa shape index (κ1) is 17.3. The van der Waals surface area contributed by atoms with E-state index >= 15 is 0 Å². The molecule has 1 saturated heterocycles. The summed E-state index contributed by atoms with van der Waals surface area (Å²) in [6, 6.07) is -0.212. The molecule has 1 atom stereocenters. The Hall–Kier alpha value is -1.10. The number of amides is 1. The van der Waals surface area contributed by atoms with Crippen LogP contribution in [0.3, 0.4) is 0 Å². The number of rotatable bonds is 6. The van der Waals surface area contributed by atoms with E-state index in [9.17, 15) is 9.59 Å². The second-order valence-corrected chi connectivity index (χ2v) is 6.53. The maximum Gasteiger partial charge on any atom is 0.323 e. The van der Waals surface area contributed by atoms with Crippen LogP contribution in [0.25, 0.3) is 0 Å². The van der Waals surface area contributed by atoms with Gasteiger partial charge in [-0.15, -0.1) is 0 Å². The van der Waals surface area contributed by atoms with Crippen molar-refractivity contribution >= 4 is 11.9 Å². The van der Waals surface area contributed by atoms with Crippen molar-refractivity contribution in [3.63, 3.8) is 0 Å². The van der Waals surface area contributed by atoms with Crippen LogP contribution >= 0.6 is 0 Å². The molecule has 22 heavy (non-hydrogen) atoms. The zero-order valence-corrected chi connectivity index (χ0v) is 14.1. The Morgan fingerprint density at radius 2 is 1.77 bits per heavy atom. The van der Waals surface area contributed by atoms with Gasteiger partial charge in [-0.25, -0.2) is 0 Å². The first-order valence-corrected chi connectivity index (χ1v) is 8.80. The summed E-state index contributed by atoms with van der Waals surface area (Å²) in [7, 11) is 0. The average molecular weight is 310 g/mol. The van der Waals surface area contributed by atoms with Gasteiger partial charge in [0, 0.05) is 32.6 Å². The summed E-state index contributed by atoms with van der Waals surface area (Å²) < 4.78 is 5.07. The number of piperazine rings is 1. The van der Waals surface area contributed by atoms with Gasteiger partial charge >= 0.3 is 5.97 Å². The number of carbonyl (C=O) groups excluding carboxylic acids is 2. The van der Waals surface area contributed by atoms with Gasteiger partial charge in [0.15, 0.2) is 0 Å². The van der Waals surface area contributed by atoms with Gasteiger partial charge in [0.25, 0.3) is 0 Å². The van der Waals surface area contributed by atoms with Crippen molar-refractivity contribution in [1.82, 2.24) is 9.80 Å². The van der Waals surface area contributed by atoms with Crippen LogP contribution in [0.5, 0.6) is 0 Å². The summed E-state index contributed by atoms with van der Waals surface area (Å²) in [5, 5.41) is 0. The Balaban J connectivity index is 1.69. The van der Waals surface area contributed by atoms with Gasteiger partial charge in [-0.05, 0) is 26.2 Å². The maximum absolute atomic E-state index is 12.3. The number of carbonyl (C=O) groups is 2. The number of esters is 1. The maximum atomic E-state index is 12.3. The fraction of sp³-hybridized carbons (Fsp3) is 0.882. The Bertz CT molecular complexity index is 372. The highest BCUT2D eigenvalue weighted by Crippen LogP contribution is 2.28. The standard InChI is InChI=1S/C17H30N2O3/c1-3-22-17(21)14(2)18-10-12-19(13-11-18)16(20)9-8-15-6-4-5-7-15/h14-15H,3-13H2,1-2H3. The molecule has 1 aliphatic heterocycles. The van der Waals surface area contributed by atoms with Gasteiger partial charge < -0.3 is 9.64 Å². The molecule has 1 aliphatic carbocycles. The third-order valence-corrected chi connectivity index (χ3v) is 5.08. The van der Waals surface area contributed by atoms with Crippen molar-refractivity contribution in [1.29, 1.82) is 0 Å². The fourth-order valence-electron chi connectivity index (χ4n) is 3.56. The Morgan fingerprint density at radius 3 is 2.36 bits per heavy atom. The summed E-state index contributed by atoms with van der Waals surface area (Å²) in [5.41, 5.74) is 0. The predicted molar refractivity (Wildman–Crippen MR) is 85.4 cm³/mol. The minimum atomic E-state index is -0.212. The van der Waals surface area contributed by atoms with Crippen LogP contribution in [0.1, 0.15) is 52.4 Å². The first-order chi connectivity index (χ1) is 10.6. The SMILES string of the molecule is CCOC(=O)C(C)N1CCN(C(=O)CCC2CCCC2)CC1. The molecule has 0 aromatic rings. The minimum absolute atomic E-state index is 0.163. The predicted octanol–water partition coefficient (Wildman–Crippen LogP) is 2.05. The molecule has 0 N–H and O–H groups in total. The molecule has 0 radical (unpaired) electrons. The molecule has 2 fully saturated rings. The van der Waals surface area contributed by atoms with Crippen LogP contribution in [0.4, 0.5) is 0 Å². The van der Waals surface area contributed by atoms with E-state index in [0.717, 1.165) is 38.5 Å². The van der Waals surface area contributed by atoms with Gasteiger partial charge in [0.1, 0.15) is 6.04 Å². The van der Waals surface area contributed by atoms with E-state index in [4.69, 9.17) is 4.74 Å². The van der Waals surface area contributed by atoms with Crippen molar-refractivity contribution in [3.05, 3.63) is 0 Å². The van der Waals surface area contributed by atoms with E-state index in [-0.39, 0.29) is 17.9 Å². The van der Waals surface area contributed by atoms with Gasteiger partial charge in [0.05, 0.1) is 6.61 Å². The molecule has 1 heterocycles. The largest absolute Gasteiger partial charge is 0.465 e. The molecule has 2 aliphatic rings. The zero-order chi connectivity index (χ0) is 15.9. The summed E-state index contributed by atoms with van der Waals surface area (Å²) in [6.07, 6.45) is 7.03. The molecule has 5 nitrogen and oxygen atoms in total. The van der Waals surface area contributed by atoms with Crippen LogP contribution in [0, 0.1) is 5.92 Å². The van der Waals surface area contributed by atoms with Gasteiger partial charge in [-0.1, -0.05) is 25.7 Å². The molecule has 5 heteroatoms. The second kappa shape index (κ2) is 8.51. The van der Waals surface area contributed by atoms with Crippen LogP contribution in [0.2, 0.25) is 0 Å². The molecule has 1 unspecified atom stereocenters. The summed E-state index contributed by atoms with van der Waals surface area (Å²) in [5.74, 6) is 0.896. The van der Waals surface area contributed by atoms with E-state index in [1.807, 2.05) is 18.7 Å². The highest BCUT2D eigenvalue weighted by atomic mass is 16.5. The summed E-state index contributed by atoms with van der Waals surface area (Å²) >= 11 is 0. The summed E-state index contributed by atoms with van der Waals surface area (Å²) in [4.78, 5) is 28.1. The minimum Gasteiger partial charge on any atom is -0.465 e. The third kappa shape index (κ3) is 4.70. The van der Waals surface area contributed by atoms with Gasteiger partial charge in [0.2, 0.25) is 5.91 Å². The Labute approximate surface area is 134 Å². The van der Waals surface area contributed by atoms with Gasteiger partial charge in [-0.3, -0.25) is 14.5 Å². The lowest BCUT2D eigenvalue weighted by molar-refractivity contribution is -0.150. The molecule has 0 bridgehead atoms. The average Bonchev–Trinajstić information content (AvgIpc) is 3.05. The molecule has 0 aromatic heterocycles. The zero-order valence-electron chi connectivity index (χ0n) is 14.1. The van der Waals surface area contributed by atoms with Crippen molar-refractivity contribution in [2.45, 2.75) is 58.4 Å². The van der Waals surface area contributed by atoms with Crippen molar-refractivity contribution in [2.24, 2.45) is 5.92 Å². The number of ether oxygens (including phenoxy) is 1. The fourth-order valence-corrected chi connectivity index (χ4v) is 3.56. The molecule has 1 saturated carbocycles. The normalized spacial score (nSPS) is 21.8. The van der Waals surface area contributed by atoms with Crippen molar-refractivity contribution < 1.29 is 14.3 Å². The topological polar surface area (TPSA) is 49.9 Å². The third-order valence-electron chi connectivity index (χ3n) is 5.08. The highest BCUT2D eigenvalue weighted by molar-refractivity contribution is 5.77. The van der Waals surface area contributed by atoms with Gasteiger partial charge in [-0.2, -0.15) is 0 Å². The van der Waals surface area contributed by atoms with Crippen molar-refractivity contribution in [2.75, 3.05) is 32.8 Å². The van der Waals surface area contributed by atoms with E-state index in [1.54, 1.807) is 0 Å². The monoisotopic (exact) mass is 310 g/mol. The lowest BCUT2D eigenvalue weighted by atomic mass is 10.0. The number of hydrogen-bond acceptors (Lipinski definition) is 4. The molecule has 1 amide bonds. The second-order valence-electron chi connectivity index (χ2n) is 6.53. The molecular weight excluding hydrogens is 280 g/mol. The summed E-state index contributed by atoms with van der Waals surface area (Å²) in [6.45, 7) is 7.11. The highest BCUT2D eigenvalue weighted by Gasteiger charge is 2.28.